The summed E-state index contributed by atoms with van der Waals surface area (Å²) in [4.78, 5) is 58.8. The molecule has 2 N–H and O–H groups in total. The van der Waals surface area contributed by atoms with E-state index < -0.39 is 46.8 Å². The molecular formula is C48H57IN6O9. The normalized spacial score (nSPS) is 11.5. The number of hydrogen-bond acceptors (Lipinski definition) is 11. The number of aromatic nitrogens is 4. The number of nitrogens with one attached hydrogen (secondary N) is 2. The van der Waals surface area contributed by atoms with Gasteiger partial charge in [0.05, 0.1) is 30.9 Å². The molecule has 16 heteroatoms. The summed E-state index contributed by atoms with van der Waals surface area (Å²) in [6.07, 6.45) is 0.266. The van der Waals surface area contributed by atoms with E-state index in [1.807, 2.05) is 73.7 Å². The van der Waals surface area contributed by atoms with Crippen LogP contribution in [0.15, 0.2) is 79.1 Å². The van der Waals surface area contributed by atoms with E-state index in [1.165, 1.54) is 21.5 Å². The number of benzene rings is 3. The topological polar surface area (TPSA) is 174 Å². The summed E-state index contributed by atoms with van der Waals surface area (Å²) in [5.41, 5.74) is 2.32. The molecule has 0 aliphatic heterocycles. The van der Waals surface area contributed by atoms with Crippen molar-refractivity contribution >= 4 is 58.9 Å². The summed E-state index contributed by atoms with van der Waals surface area (Å²) < 4.78 is 30.4. The van der Waals surface area contributed by atoms with Gasteiger partial charge in [0.2, 0.25) is 11.9 Å². The summed E-state index contributed by atoms with van der Waals surface area (Å²) in [5, 5.41) is 5.07. The quantitative estimate of drug-likeness (QED) is 0.0974. The lowest BCUT2D eigenvalue weighted by Gasteiger charge is -2.22. The van der Waals surface area contributed by atoms with Gasteiger partial charge in [0.25, 0.3) is 0 Å². The third-order valence-electron chi connectivity index (χ3n) is 8.00. The monoisotopic (exact) mass is 988 g/mol. The molecular weight excluding hydrogens is 931 g/mol. The van der Waals surface area contributed by atoms with Crippen LogP contribution in [0.4, 0.5) is 31.1 Å². The first kappa shape index (κ1) is 50.3. The molecule has 0 atom stereocenters. The number of carbonyl (C=O) groups is 4. The van der Waals surface area contributed by atoms with Crippen LogP contribution in [0.25, 0.3) is 22.5 Å². The van der Waals surface area contributed by atoms with Gasteiger partial charge in [-0.1, -0.05) is 36.1 Å². The zero-order chi connectivity index (χ0) is 47.8. The van der Waals surface area contributed by atoms with Crippen molar-refractivity contribution in [2.45, 2.75) is 112 Å². The molecule has 0 aliphatic carbocycles. The van der Waals surface area contributed by atoms with E-state index in [2.05, 4.69) is 55.0 Å². The van der Waals surface area contributed by atoms with Crippen molar-refractivity contribution in [3.63, 3.8) is 0 Å². The Morgan fingerprint density at radius 2 is 0.984 bits per heavy atom. The molecule has 0 aliphatic rings. The smallest absolute Gasteiger partial charge is 0.421 e. The Bertz CT molecular complexity index is 2520. The Balaban J connectivity index is 0.000000295. The van der Waals surface area contributed by atoms with Crippen LogP contribution in [0.1, 0.15) is 99.8 Å². The number of anilines is 2. The fourth-order valence-electron chi connectivity index (χ4n) is 5.45. The van der Waals surface area contributed by atoms with Crippen LogP contribution in [-0.2, 0) is 18.9 Å². The van der Waals surface area contributed by atoms with Crippen LogP contribution < -0.4 is 15.4 Å². The third-order valence-corrected chi connectivity index (χ3v) is 8.72. The van der Waals surface area contributed by atoms with Gasteiger partial charge < -0.3 is 23.7 Å². The molecule has 0 bridgehead atoms. The Kier molecular flexibility index (Phi) is 16.1. The van der Waals surface area contributed by atoms with Gasteiger partial charge in [-0.05, 0) is 161 Å². The maximum absolute atomic E-state index is 13.1. The van der Waals surface area contributed by atoms with Crippen LogP contribution in [0, 0.1) is 22.3 Å². The zero-order valence-electron chi connectivity index (χ0n) is 38.8. The molecule has 0 spiro atoms. The van der Waals surface area contributed by atoms with E-state index in [-0.39, 0.29) is 11.9 Å². The molecule has 5 rings (SSSR count). The van der Waals surface area contributed by atoms with E-state index in [0.29, 0.717) is 17.0 Å². The molecule has 64 heavy (non-hydrogen) atoms. The first-order valence-corrected chi connectivity index (χ1v) is 21.3. The predicted molar refractivity (Wildman–Crippen MR) is 255 cm³/mol. The number of amides is 2. The van der Waals surface area contributed by atoms with Crippen molar-refractivity contribution in [1.82, 2.24) is 19.1 Å². The first-order chi connectivity index (χ1) is 29.6. The molecule has 3 aromatic carbocycles. The van der Waals surface area contributed by atoms with Gasteiger partial charge >= 0.3 is 24.4 Å². The molecule has 0 fully saturated rings. The Morgan fingerprint density at radius 3 is 1.36 bits per heavy atom. The van der Waals surface area contributed by atoms with Crippen molar-refractivity contribution in [3.8, 4) is 40.1 Å². The summed E-state index contributed by atoms with van der Waals surface area (Å²) >= 11 is 2.20. The molecule has 2 amide bonds. The summed E-state index contributed by atoms with van der Waals surface area (Å²) in [6.45, 7) is 23.1. The number of nitrogens with zero attached hydrogens (tertiary/aromatic N) is 4. The second-order valence-corrected chi connectivity index (χ2v) is 19.6. The summed E-state index contributed by atoms with van der Waals surface area (Å²) in [7, 11) is 1.63. The lowest BCUT2D eigenvalue weighted by molar-refractivity contribution is 0.0526. The number of imidazole rings is 2. The number of hydrogen-bond donors (Lipinski definition) is 2. The van der Waals surface area contributed by atoms with Crippen molar-refractivity contribution in [3.05, 3.63) is 99.4 Å². The molecule has 5 aromatic rings. The fourth-order valence-corrected chi connectivity index (χ4v) is 5.81. The van der Waals surface area contributed by atoms with E-state index in [0.717, 1.165) is 31.6 Å². The highest BCUT2D eigenvalue weighted by Crippen LogP contribution is 2.28. The number of halogens is 1. The fraction of sp³-hybridized carbons (Fsp3) is 0.375. The van der Waals surface area contributed by atoms with Crippen LogP contribution in [-0.4, -0.2) is 73.0 Å². The third kappa shape index (κ3) is 15.5. The van der Waals surface area contributed by atoms with Gasteiger partial charge in [-0.3, -0.25) is 10.6 Å². The van der Waals surface area contributed by atoms with Crippen molar-refractivity contribution in [1.29, 1.82) is 0 Å². The number of rotatable bonds is 5. The average Bonchev–Trinajstić information content (AvgIpc) is 3.76. The second kappa shape index (κ2) is 20.4. The summed E-state index contributed by atoms with van der Waals surface area (Å²) in [5.74, 6) is 7.16. The molecule has 15 nitrogen and oxygen atoms in total. The highest BCUT2D eigenvalue weighted by Gasteiger charge is 2.28. The van der Waals surface area contributed by atoms with Crippen LogP contribution in [0.2, 0.25) is 0 Å². The SMILES string of the molecule is CC(C)(C)OC(=O)Nc1ncc(-c2ccc(I)cc2)n1C(=O)OC(C)(C)C.COc1ccc(C#Cc2ccc(-c3cnc(NC(=O)OC(C)(C)C)n3C(=O)OC(C)(C)C)cc2)c(C)c1. The second-order valence-electron chi connectivity index (χ2n) is 18.3. The molecule has 0 radical (unpaired) electrons. The molecule has 2 aromatic heterocycles. The Labute approximate surface area is 388 Å². The van der Waals surface area contributed by atoms with Crippen molar-refractivity contribution in [2.75, 3.05) is 17.7 Å². The molecule has 2 heterocycles. The van der Waals surface area contributed by atoms with Crippen LogP contribution in [0.5, 0.6) is 5.75 Å². The van der Waals surface area contributed by atoms with Crippen molar-refractivity contribution in [2.24, 2.45) is 0 Å². The maximum atomic E-state index is 13.1. The summed E-state index contributed by atoms with van der Waals surface area (Å²) in [6, 6.07) is 20.7. The minimum absolute atomic E-state index is 0.00245. The first-order valence-electron chi connectivity index (χ1n) is 20.3. The number of ether oxygens (including phenoxy) is 5. The van der Waals surface area contributed by atoms with Gasteiger partial charge in [0.15, 0.2) is 0 Å². The Hall–Kier alpha value is -6.35. The van der Waals surface area contributed by atoms with Gasteiger partial charge in [0, 0.05) is 25.8 Å². The molecule has 0 saturated heterocycles. The van der Waals surface area contributed by atoms with E-state index in [9.17, 15) is 19.2 Å². The number of carbonyl (C=O) groups excluding carboxylic acids is 4. The maximum Gasteiger partial charge on any atom is 0.421 e. The van der Waals surface area contributed by atoms with E-state index in [1.54, 1.807) is 90.2 Å². The lowest BCUT2D eigenvalue weighted by Crippen LogP contribution is -2.31. The number of aryl methyl sites for hydroxylation is 1. The van der Waals surface area contributed by atoms with Crippen molar-refractivity contribution < 1.29 is 42.9 Å². The highest BCUT2D eigenvalue weighted by atomic mass is 127. The molecule has 340 valence electrons. The van der Waals surface area contributed by atoms with E-state index >= 15 is 0 Å². The zero-order valence-corrected chi connectivity index (χ0v) is 41.0. The minimum Gasteiger partial charge on any atom is -0.497 e. The van der Waals surface area contributed by atoms with E-state index in [4.69, 9.17) is 23.7 Å². The number of methoxy groups -OCH3 is 1. The minimum atomic E-state index is -0.749. The largest absolute Gasteiger partial charge is 0.497 e. The van der Waals surface area contributed by atoms with Crippen LogP contribution >= 0.6 is 22.6 Å². The standard InChI is InChI=1S/C29H33N3O5.C19H24IN3O4/c1-19-17-23(35-8)16-15-21(19)12-9-20-10-13-22(14-11-20)24-18-30-25(31-26(33)36-28(2,3)4)32(24)27(34)37-29(5,6)7;1-18(2,3)26-16(24)22-15-21-11-14(12-7-9-13(20)10-8-12)23(15)17(25)27-19(4,5)6/h10-11,13-18H,1-8H3,(H,30,31,33);7-11H,1-6H3,(H,21,22,24). The van der Waals surface area contributed by atoms with Gasteiger partial charge in [0.1, 0.15) is 28.2 Å². The average molecular weight is 989 g/mol. The molecule has 0 unspecified atom stereocenters. The van der Waals surface area contributed by atoms with Crippen LogP contribution in [0.3, 0.4) is 0 Å². The lowest BCUT2D eigenvalue weighted by atomic mass is 10.1. The Morgan fingerprint density at radius 1 is 0.578 bits per heavy atom. The predicted octanol–water partition coefficient (Wildman–Crippen LogP) is 11.7. The molecule has 0 saturated carbocycles. The van der Waals surface area contributed by atoms with Gasteiger partial charge in [-0.2, -0.15) is 0 Å². The van der Waals surface area contributed by atoms with Gasteiger partial charge in [-0.25, -0.2) is 38.3 Å². The highest BCUT2D eigenvalue weighted by molar-refractivity contribution is 14.1. The van der Waals surface area contributed by atoms with Gasteiger partial charge in [-0.15, -0.1) is 0 Å².